The summed E-state index contributed by atoms with van der Waals surface area (Å²) in [5.74, 6) is -0.934. The van der Waals surface area contributed by atoms with Crippen LogP contribution in [0.25, 0.3) is 0 Å². The second-order valence-corrected chi connectivity index (χ2v) is 15.8. The molecule has 3 atom stereocenters. The molecular weight excluding hydrogens is 695 g/mol. The van der Waals surface area contributed by atoms with Crippen molar-refractivity contribution in [2.75, 3.05) is 26.4 Å². The average Bonchev–Trinajstić information content (AvgIpc) is 3.14. The average molecular weight is 775 g/mol. The molecule has 53 heavy (non-hydrogen) atoms. The van der Waals surface area contributed by atoms with Gasteiger partial charge in [-0.15, -0.1) is 0 Å². The normalized spacial score (nSPS) is 14.1. The highest BCUT2D eigenvalue weighted by Gasteiger charge is 2.27. The molecule has 0 aromatic heterocycles. The summed E-state index contributed by atoms with van der Waals surface area (Å²) >= 11 is 0. The highest BCUT2D eigenvalue weighted by molar-refractivity contribution is 7.47. The Hall–Kier alpha value is -1.55. The van der Waals surface area contributed by atoms with E-state index in [9.17, 15) is 24.2 Å². The third-order valence-corrected chi connectivity index (χ3v) is 10.1. The van der Waals surface area contributed by atoms with Gasteiger partial charge in [0.25, 0.3) is 0 Å². The van der Waals surface area contributed by atoms with Crippen LogP contribution in [0.1, 0.15) is 194 Å². The molecule has 3 N–H and O–H groups in total. The number of esters is 2. The summed E-state index contributed by atoms with van der Waals surface area (Å²) in [6.07, 6.45) is 37.1. The maximum Gasteiger partial charge on any atom is 0.472 e. The van der Waals surface area contributed by atoms with Gasteiger partial charge in [-0.25, -0.2) is 4.57 Å². The minimum Gasteiger partial charge on any atom is -0.462 e. The van der Waals surface area contributed by atoms with E-state index < -0.39 is 51.8 Å². The number of hydrogen-bond acceptors (Lipinski definition) is 9. The first-order valence-corrected chi connectivity index (χ1v) is 22.8. The number of aliphatic hydroxyl groups excluding tert-OH is 2. The second-order valence-electron chi connectivity index (χ2n) is 14.4. The first kappa shape index (κ1) is 51.5. The molecule has 312 valence electrons. The van der Waals surface area contributed by atoms with E-state index in [2.05, 4.69) is 42.7 Å². The van der Waals surface area contributed by atoms with E-state index in [0.717, 1.165) is 64.2 Å². The van der Waals surface area contributed by atoms with Crippen molar-refractivity contribution in [1.82, 2.24) is 0 Å². The van der Waals surface area contributed by atoms with Crippen molar-refractivity contribution in [3.05, 3.63) is 24.3 Å². The lowest BCUT2D eigenvalue weighted by molar-refractivity contribution is -0.161. The Labute approximate surface area is 323 Å². The van der Waals surface area contributed by atoms with Gasteiger partial charge in [0.2, 0.25) is 0 Å². The highest BCUT2D eigenvalue weighted by atomic mass is 31.2. The summed E-state index contributed by atoms with van der Waals surface area (Å²) in [7, 11) is -4.62. The molecule has 10 nitrogen and oxygen atoms in total. The van der Waals surface area contributed by atoms with Crippen molar-refractivity contribution >= 4 is 19.8 Å². The number of carbonyl (C=O) groups excluding carboxylic acids is 2. The molecule has 0 saturated heterocycles. The summed E-state index contributed by atoms with van der Waals surface area (Å²) in [4.78, 5) is 34.9. The number of rotatable bonds is 40. The predicted molar refractivity (Wildman–Crippen MR) is 215 cm³/mol. The van der Waals surface area contributed by atoms with Crippen molar-refractivity contribution in [2.24, 2.45) is 0 Å². The Morgan fingerprint density at radius 3 is 1.49 bits per heavy atom. The number of allylic oxidation sites excluding steroid dienone is 4. The van der Waals surface area contributed by atoms with Crippen LogP contribution >= 0.6 is 7.82 Å². The Kier molecular flexibility index (Phi) is 37.6. The van der Waals surface area contributed by atoms with Crippen LogP contribution in [0, 0.1) is 0 Å². The van der Waals surface area contributed by atoms with Crippen LogP contribution in [0.2, 0.25) is 0 Å². The largest absolute Gasteiger partial charge is 0.472 e. The van der Waals surface area contributed by atoms with Crippen molar-refractivity contribution in [2.45, 2.75) is 206 Å². The second kappa shape index (κ2) is 38.7. The lowest BCUT2D eigenvalue weighted by Crippen LogP contribution is -2.29. The molecule has 0 spiro atoms. The maximum absolute atomic E-state index is 12.6. The highest BCUT2D eigenvalue weighted by Crippen LogP contribution is 2.43. The molecule has 0 aliphatic carbocycles. The van der Waals surface area contributed by atoms with Crippen molar-refractivity contribution in [3.63, 3.8) is 0 Å². The monoisotopic (exact) mass is 775 g/mol. The Morgan fingerprint density at radius 2 is 0.981 bits per heavy atom. The van der Waals surface area contributed by atoms with Gasteiger partial charge in [-0.05, 0) is 44.9 Å². The fraction of sp³-hybridized carbons (Fsp3) is 0.857. The zero-order valence-corrected chi connectivity index (χ0v) is 34.6. The summed E-state index contributed by atoms with van der Waals surface area (Å²) in [5, 5.41) is 18.3. The van der Waals surface area contributed by atoms with E-state index in [1.807, 2.05) is 0 Å². The maximum atomic E-state index is 12.6. The Morgan fingerprint density at radius 1 is 0.566 bits per heavy atom. The summed E-state index contributed by atoms with van der Waals surface area (Å²) in [6.45, 7) is 2.35. The minimum atomic E-state index is -4.62. The number of phosphoric acid groups is 1. The van der Waals surface area contributed by atoms with Gasteiger partial charge in [-0.2, -0.15) is 0 Å². The lowest BCUT2D eigenvalue weighted by atomic mass is 10.0. The number of unbranched alkanes of at least 4 members (excludes halogenated alkanes) is 22. The minimum absolute atomic E-state index is 0.171. The number of ether oxygens (including phenoxy) is 2. The fourth-order valence-corrected chi connectivity index (χ4v) is 6.58. The van der Waals surface area contributed by atoms with Crippen LogP contribution in [-0.4, -0.2) is 65.7 Å². The number of aliphatic hydroxyl groups is 2. The molecule has 0 bridgehead atoms. The molecular formula is C42H79O10P. The van der Waals surface area contributed by atoms with Gasteiger partial charge >= 0.3 is 19.8 Å². The molecule has 0 aliphatic rings. The SMILES string of the molecule is CCCCC/C=C/C/C=C/CCCCCCCC(=O)OC(COC(=O)CCCCCCCCCCCCCCCCC)COP(=O)(O)OCC(O)CO. The number of phosphoric ester groups is 1. The van der Waals surface area contributed by atoms with E-state index in [1.54, 1.807) is 0 Å². The Bertz CT molecular complexity index is 941. The standard InChI is InChI=1S/C42H79O10P/c1-3-5-7-9-11-13-15-17-19-21-23-25-27-29-31-33-41(45)49-37-40(38-51-53(47,48)50-36-39(44)35-43)52-42(46)34-32-30-28-26-24-22-20-18-16-14-12-10-8-6-4-2/h12,14,18,20,39-40,43-44H,3-11,13,15-17,19,21-38H2,1-2H3,(H,47,48)/b14-12+,20-18+. The third kappa shape index (κ3) is 38.5. The predicted octanol–water partition coefficient (Wildman–Crippen LogP) is 11.0. The first-order valence-electron chi connectivity index (χ1n) is 21.3. The molecule has 0 aromatic carbocycles. The van der Waals surface area contributed by atoms with Gasteiger partial charge in [-0.1, -0.05) is 160 Å². The molecule has 0 heterocycles. The molecule has 3 unspecified atom stereocenters. The molecule has 0 aliphatic heterocycles. The van der Waals surface area contributed by atoms with Gasteiger partial charge in [0.15, 0.2) is 6.10 Å². The van der Waals surface area contributed by atoms with E-state index in [1.165, 1.54) is 89.9 Å². The zero-order valence-electron chi connectivity index (χ0n) is 33.7. The fourth-order valence-electron chi connectivity index (χ4n) is 5.79. The smallest absolute Gasteiger partial charge is 0.462 e. The quantitative estimate of drug-likeness (QED) is 0.0238. The van der Waals surface area contributed by atoms with Gasteiger partial charge in [0, 0.05) is 12.8 Å². The first-order chi connectivity index (χ1) is 25.7. The van der Waals surface area contributed by atoms with E-state index in [0.29, 0.717) is 12.8 Å². The molecule has 0 fully saturated rings. The summed E-state index contributed by atoms with van der Waals surface area (Å²) in [6, 6.07) is 0. The molecule has 11 heteroatoms. The van der Waals surface area contributed by atoms with Crippen LogP contribution in [-0.2, 0) is 32.7 Å². The molecule has 0 aromatic rings. The van der Waals surface area contributed by atoms with E-state index >= 15 is 0 Å². The topological polar surface area (TPSA) is 149 Å². The van der Waals surface area contributed by atoms with Crippen LogP contribution < -0.4 is 0 Å². The zero-order chi connectivity index (χ0) is 39.1. The van der Waals surface area contributed by atoms with Crippen LogP contribution in [0.15, 0.2) is 24.3 Å². The van der Waals surface area contributed by atoms with E-state index in [4.69, 9.17) is 19.1 Å². The van der Waals surface area contributed by atoms with Crippen molar-refractivity contribution in [1.29, 1.82) is 0 Å². The van der Waals surface area contributed by atoms with Crippen LogP contribution in [0.3, 0.4) is 0 Å². The summed E-state index contributed by atoms with van der Waals surface area (Å²) < 4.78 is 32.7. The van der Waals surface area contributed by atoms with Gasteiger partial charge in [-0.3, -0.25) is 18.6 Å². The van der Waals surface area contributed by atoms with Crippen LogP contribution in [0.5, 0.6) is 0 Å². The summed E-state index contributed by atoms with van der Waals surface area (Å²) in [5.41, 5.74) is 0. The molecule has 0 radical (unpaired) electrons. The van der Waals surface area contributed by atoms with Gasteiger partial charge in [0.1, 0.15) is 12.7 Å². The van der Waals surface area contributed by atoms with Gasteiger partial charge < -0.3 is 24.6 Å². The Balaban J connectivity index is 4.31. The van der Waals surface area contributed by atoms with Crippen LogP contribution in [0.4, 0.5) is 0 Å². The molecule has 0 amide bonds. The number of hydrogen-bond donors (Lipinski definition) is 3. The van der Waals surface area contributed by atoms with Gasteiger partial charge in [0.05, 0.1) is 19.8 Å². The van der Waals surface area contributed by atoms with Crippen molar-refractivity contribution in [3.8, 4) is 0 Å². The third-order valence-electron chi connectivity index (χ3n) is 9.11. The molecule has 0 saturated carbocycles. The van der Waals surface area contributed by atoms with E-state index in [-0.39, 0.29) is 19.4 Å². The number of carbonyl (C=O) groups is 2. The lowest BCUT2D eigenvalue weighted by Gasteiger charge is -2.20. The molecule has 0 rings (SSSR count). The van der Waals surface area contributed by atoms with Crippen molar-refractivity contribution < 1.29 is 47.8 Å².